The first kappa shape index (κ1) is 27.9. The second-order valence-electron chi connectivity index (χ2n) is 9.19. The third kappa shape index (κ3) is 10.6. The van der Waals surface area contributed by atoms with E-state index < -0.39 is 0 Å². The van der Waals surface area contributed by atoms with Crippen LogP contribution in [0.2, 0.25) is 0 Å². The average Bonchev–Trinajstić information content (AvgIpc) is 2.82. The van der Waals surface area contributed by atoms with Gasteiger partial charge >= 0.3 is 0 Å². The molecule has 0 aliphatic carbocycles. The van der Waals surface area contributed by atoms with E-state index in [1.807, 2.05) is 0 Å². The quantitative estimate of drug-likeness (QED) is 0.206. The fourth-order valence-corrected chi connectivity index (χ4v) is 4.28. The molecule has 1 aromatic rings. The Bertz CT molecular complexity index is 702. The number of halogens is 1. The summed E-state index contributed by atoms with van der Waals surface area (Å²) >= 11 is 0. The van der Waals surface area contributed by atoms with Crippen LogP contribution < -0.4 is 10.6 Å². The lowest BCUT2D eigenvalue weighted by Crippen LogP contribution is -2.49. The zero-order valence-electron chi connectivity index (χ0n) is 20.3. The van der Waals surface area contributed by atoms with Crippen molar-refractivity contribution in [3.05, 3.63) is 35.9 Å². The lowest BCUT2D eigenvalue weighted by atomic mass is 10.0. The molecule has 7 nitrogen and oxygen atoms in total. The summed E-state index contributed by atoms with van der Waals surface area (Å²) in [7, 11) is 3.54. The molecular weight excluding hydrogens is 529 g/mol. The Morgan fingerprint density at radius 3 is 2.58 bits per heavy atom. The summed E-state index contributed by atoms with van der Waals surface area (Å²) in [6.07, 6.45) is 8.33. The van der Waals surface area contributed by atoms with E-state index in [-0.39, 0.29) is 36.4 Å². The number of aliphatic imine (C=N–C) groups is 1. The molecule has 8 heteroatoms. The monoisotopic (exact) mass is 571 g/mol. The summed E-state index contributed by atoms with van der Waals surface area (Å²) < 4.78 is 5.84. The van der Waals surface area contributed by atoms with Crippen molar-refractivity contribution < 1.29 is 9.53 Å². The van der Waals surface area contributed by atoms with Crippen molar-refractivity contribution in [3.63, 3.8) is 0 Å². The highest BCUT2D eigenvalue weighted by molar-refractivity contribution is 14.0. The number of hydrogen-bond acceptors (Lipinski definition) is 4. The first-order valence-electron chi connectivity index (χ1n) is 12.2. The highest BCUT2D eigenvalue weighted by atomic mass is 127. The molecule has 0 bridgehead atoms. The first-order chi connectivity index (χ1) is 15.6. The summed E-state index contributed by atoms with van der Waals surface area (Å²) in [5.74, 6) is 0.769. The summed E-state index contributed by atoms with van der Waals surface area (Å²) in [5.41, 5.74) is 1.37. The lowest BCUT2D eigenvalue weighted by Gasteiger charge is -2.33. The lowest BCUT2D eigenvalue weighted by molar-refractivity contribution is -0.127. The van der Waals surface area contributed by atoms with Gasteiger partial charge in [-0.15, -0.1) is 24.0 Å². The topological polar surface area (TPSA) is 69.2 Å². The molecule has 2 N–H and O–H groups in total. The van der Waals surface area contributed by atoms with Crippen LogP contribution in [0.25, 0.3) is 0 Å². The SMILES string of the molecule is CN(C)C(=O)CN=C(NCCCC1CCCCO1)NC1CCN(Cc2ccccc2)CC1.I. The number of benzene rings is 1. The minimum absolute atomic E-state index is 0. The Balaban J connectivity index is 0.00000385. The van der Waals surface area contributed by atoms with E-state index in [0.717, 1.165) is 64.4 Å². The summed E-state index contributed by atoms with van der Waals surface area (Å²) in [6.45, 7) is 5.05. The number of carbonyl (C=O) groups excluding carboxylic acids is 1. The van der Waals surface area contributed by atoms with Gasteiger partial charge in [-0.1, -0.05) is 30.3 Å². The van der Waals surface area contributed by atoms with E-state index in [0.29, 0.717) is 12.1 Å². The molecule has 2 saturated heterocycles. The normalized spacial score (nSPS) is 20.1. The van der Waals surface area contributed by atoms with Crippen LogP contribution in [-0.2, 0) is 16.1 Å². The molecule has 2 aliphatic heterocycles. The number of hydrogen-bond donors (Lipinski definition) is 2. The average molecular weight is 572 g/mol. The van der Waals surface area contributed by atoms with Crippen LogP contribution in [0, 0.1) is 0 Å². The van der Waals surface area contributed by atoms with Crippen LogP contribution in [0.15, 0.2) is 35.3 Å². The van der Waals surface area contributed by atoms with E-state index in [4.69, 9.17) is 4.74 Å². The molecule has 33 heavy (non-hydrogen) atoms. The number of likely N-dealkylation sites (tertiary alicyclic amines) is 1. The Kier molecular flexibility index (Phi) is 13.1. The molecule has 1 atom stereocenters. The predicted octanol–water partition coefficient (Wildman–Crippen LogP) is 3.24. The maximum Gasteiger partial charge on any atom is 0.243 e. The number of ether oxygens (including phenoxy) is 1. The second kappa shape index (κ2) is 15.5. The minimum atomic E-state index is 0. The smallest absolute Gasteiger partial charge is 0.243 e. The van der Waals surface area contributed by atoms with Crippen LogP contribution >= 0.6 is 24.0 Å². The van der Waals surface area contributed by atoms with Gasteiger partial charge in [0.1, 0.15) is 6.54 Å². The van der Waals surface area contributed by atoms with Gasteiger partial charge in [0.2, 0.25) is 5.91 Å². The summed E-state index contributed by atoms with van der Waals surface area (Å²) in [5, 5.41) is 7.03. The molecule has 0 spiro atoms. The van der Waals surface area contributed by atoms with E-state index >= 15 is 0 Å². The van der Waals surface area contributed by atoms with Crippen molar-refractivity contribution in [2.75, 3.05) is 46.9 Å². The molecule has 186 valence electrons. The van der Waals surface area contributed by atoms with Crippen LogP contribution in [-0.4, -0.2) is 80.7 Å². The van der Waals surface area contributed by atoms with E-state index in [9.17, 15) is 4.79 Å². The van der Waals surface area contributed by atoms with E-state index in [1.165, 1.54) is 24.8 Å². The van der Waals surface area contributed by atoms with Gasteiger partial charge < -0.3 is 20.3 Å². The molecule has 3 rings (SSSR count). The number of guanidine groups is 1. The van der Waals surface area contributed by atoms with Gasteiger partial charge in [-0.25, -0.2) is 4.99 Å². The van der Waals surface area contributed by atoms with Gasteiger partial charge in [0.25, 0.3) is 0 Å². The molecular formula is C25H42IN5O2. The molecule has 1 amide bonds. The number of nitrogens with one attached hydrogen (secondary N) is 2. The first-order valence-corrected chi connectivity index (χ1v) is 12.2. The van der Waals surface area contributed by atoms with Crippen LogP contribution in [0.1, 0.15) is 50.5 Å². The number of carbonyl (C=O) groups is 1. The second-order valence-corrected chi connectivity index (χ2v) is 9.19. The highest BCUT2D eigenvalue weighted by Crippen LogP contribution is 2.17. The summed E-state index contributed by atoms with van der Waals surface area (Å²) in [4.78, 5) is 20.7. The third-order valence-electron chi connectivity index (χ3n) is 6.32. The third-order valence-corrected chi connectivity index (χ3v) is 6.32. The molecule has 0 saturated carbocycles. The van der Waals surface area contributed by atoms with Crippen molar-refractivity contribution in [1.29, 1.82) is 0 Å². The fraction of sp³-hybridized carbons (Fsp3) is 0.680. The van der Waals surface area contributed by atoms with Crippen molar-refractivity contribution in [2.24, 2.45) is 4.99 Å². The van der Waals surface area contributed by atoms with Gasteiger partial charge in [-0.05, 0) is 50.5 Å². The van der Waals surface area contributed by atoms with Crippen molar-refractivity contribution in [1.82, 2.24) is 20.4 Å². The van der Waals surface area contributed by atoms with Crippen LogP contribution in [0.5, 0.6) is 0 Å². The van der Waals surface area contributed by atoms with Crippen molar-refractivity contribution in [3.8, 4) is 0 Å². The molecule has 1 unspecified atom stereocenters. The number of amides is 1. The van der Waals surface area contributed by atoms with E-state index in [2.05, 4.69) is 50.9 Å². The van der Waals surface area contributed by atoms with Crippen LogP contribution in [0.3, 0.4) is 0 Å². The standard InChI is InChI=1S/C25H41N5O2.HI/c1-29(2)24(31)19-27-25(26-15-8-12-23-11-6-7-18-32-23)28-22-13-16-30(17-14-22)20-21-9-4-3-5-10-21;/h3-5,9-10,22-23H,6-8,11-20H2,1-2H3,(H2,26,27,28);1H. The van der Waals surface area contributed by atoms with Crippen LogP contribution in [0.4, 0.5) is 0 Å². The largest absolute Gasteiger partial charge is 0.378 e. The van der Waals surface area contributed by atoms with Gasteiger partial charge in [-0.3, -0.25) is 9.69 Å². The number of piperidine rings is 1. The predicted molar refractivity (Wildman–Crippen MR) is 145 cm³/mol. The molecule has 2 heterocycles. The molecule has 0 aromatic heterocycles. The molecule has 2 fully saturated rings. The number of nitrogens with zero attached hydrogens (tertiary/aromatic N) is 3. The molecule has 0 radical (unpaired) electrons. The van der Waals surface area contributed by atoms with Gasteiger partial charge in [0.05, 0.1) is 6.10 Å². The van der Waals surface area contributed by atoms with Crippen molar-refractivity contribution in [2.45, 2.75) is 63.6 Å². The van der Waals surface area contributed by atoms with E-state index in [1.54, 1.807) is 19.0 Å². The Labute approximate surface area is 216 Å². The zero-order valence-corrected chi connectivity index (χ0v) is 22.6. The molecule has 1 aromatic carbocycles. The maximum absolute atomic E-state index is 12.0. The van der Waals surface area contributed by atoms with Crippen molar-refractivity contribution >= 4 is 35.8 Å². The Hall–Kier alpha value is -1.39. The Morgan fingerprint density at radius 1 is 1.15 bits per heavy atom. The highest BCUT2D eigenvalue weighted by Gasteiger charge is 2.20. The van der Waals surface area contributed by atoms with Gasteiger partial charge in [-0.2, -0.15) is 0 Å². The van der Waals surface area contributed by atoms with Gasteiger partial charge in [0.15, 0.2) is 5.96 Å². The van der Waals surface area contributed by atoms with Gasteiger partial charge in [0, 0.05) is 52.9 Å². The number of rotatable bonds is 9. The minimum Gasteiger partial charge on any atom is -0.378 e. The Morgan fingerprint density at radius 2 is 1.91 bits per heavy atom. The fourth-order valence-electron chi connectivity index (χ4n) is 4.28. The zero-order chi connectivity index (χ0) is 22.6. The maximum atomic E-state index is 12.0. The summed E-state index contributed by atoms with van der Waals surface area (Å²) in [6, 6.07) is 11.0. The number of likely N-dealkylation sites (N-methyl/N-ethyl adjacent to an activating group) is 1. The molecule has 2 aliphatic rings.